The Kier molecular flexibility index (Phi) is 5.08. The molecule has 7 rings (SSSR count). The lowest BCUT2D eigenvalue weighted by Crippen LogP contribution is -2.44. The topological polar surface area (TPSA) is 90.2 Å². The number of anilines is 2. The first-order valence-corrected chi connectivity index (χ1v) is 13.3. The van der Waals surface area contributed by atoms with Gasteiger partial charge in [0.2, 0.25) is 0 Å². The quantitative estimate of drug-likeness (QED) is 0.551. The second kappa shape index (κ2) is 8.28. The fraction of sp³-hybridized carbons (Fsp3) is 0.464. The van der Waals surface area contributed by atoms with Crippen LogP contribution < -0.4 is 15.5 Å². The highest BCUT2D eigenvalue weighted by atomic mass is 19.1. The minimum atomic E-state index is -0.178. The summed E-state index contributed by atoms with van der Waals surface area (Å²) < 4.78 is 13.8. The summed E-state index contributed by atoms with van der Waals surface area (Å²) in [7, 11) is 2.11. The summed E-state index contributed by atoms with van der Waals surface area (Å²) in [5, 5.41) is 7.85. The molecule has 1 spiro atoms. The zero-order chi connectivity index (χ0) is 25.3. The molecule has 3 N–H and O–H groups in total. The van der Waals surface area contributed by atoms with Gasteiger partial charge >= 0.3 is 0 Å². The van der Waals surface area contributed by atoms with E-state index in [1.807, 2.05) is 13.0 Å². The Bertz CT molecular complexity index is 1450. The molecule has 1 saturated heterocycles. The third kappa shape index (κ3) is 3.54. The summed E-state index contributed by atoms with van der Waals surface area (Å²) >= 11 is 0. The van der Waals surface area contributed by atoms with Crippen LogP contribution in [0.3, 0.4) is 0 Å². The van der Waals surface area contributed by atoms with Crippen LogP contribution in [0, 0.1) is 18.2 Å². The minimum absolute atomic E-state index is 0.0134. The SMILES string of the molecule is Cc1nc2c(N3CCCC4=C3C=CN(C)C4)n[nH]c2nc1N1CCC2(CC1)Cc1cc(F)ccc1[C@H]2N. The highest BCUT2D eigenvalue weighted by Crippen LogP contribution is 2.51. The fourth-order valence-electron chi connectivity index (χ4n) is 6.92. The van der Waals surface area contributed by atoms with Gasteiger partial charge in [-0.25, -0.2) is 14.4 Å². The second-order valence-electron chi connectivity index (χ2n) is 11.2. The number of likely N-dealkylation sites (N-methyl/N-ethyl adjacent to an activating group) is 1. The summed E-state index contributed by atoms with van der Waals surface area (Å²) in [6.07, 6.45) is 9.30. The smallest absolute Gasteiger partial charge is 0.183 e. The predicted octanol–water partition coefficient (Wildman–Crippen LogP) is 3.96. The predicted molar refractivity (Wildman–Crippen MR) is 143 cm³/mol. The number of aromatic amines is 1. The molecule has 5 heterocycles. The van der Waals surface area contributed by atoms with Crippen molar-refractivity contribution >= 4 is 22.8 Å². The molecule has 1 atom stereocenters. The van der Waals surface area contributed by atoms with Crippen molar-refractivity contribution in [3.63, 3.8) is 0 Å². The van der Waals surface area contributed by atoms with Gasteiger partial charge in [0.15, 0.2) is 22.8 Å². The van der Waals surface area contributed by atoms with Crippen LogP contribution in [0.2, 0.25) is 0 Å². The number of aryl methyl sites for hydroxylation is 1. The molecule has 0 radical (unpaired) electrons. The van der Waals surface area contributed by atoms with E-state index in [1.54, 1.807) is 6.07 Å². The van der Waals surface area contributed by atoms with E-state index in [4.69, 9.17) is 15.7 Å². The molecule has 2 aromatic heterocycles. The van der Waals surface area contributed by atoms with Gasteiger partial charge in [-0.3, -0.25) is 5.10 Å². The molecule has 8 nitrogen and oxygen atoms in total. The number of hydrogen-bond acceptors (Lipinski definition) is 7. The molecular weight excluding hydrogens is 467 g/mol. The molecule has 192 valence electrons. The first-order chi connectivity index (χ1) is 17.9. The normalized spacial score (nSPS) is 22.8. The van der Waals surface area contributed by atoms with Gasteiger partial charge in [-0.2, -0.15) is 5.10 Å². The molecule has 37 heavy (non-hydrogen) atoms. The zero-order valence-corrected chi connectivity index (χ0v) is 21.5. The Balaban J connectivity index is 1.14. The summed E-state index contributed by atoms with van der Waals surface area (Å²) in [6.45, 7) is 5.63. The van der Waals surface area contributed by atoms with Crippen molar-refractivity contribution < 1.29 is 4.39 Å². The molecule has 4 aliphatic rings. The Morgan fingerprint density at radius 2 is 1.97 bits per heavy atom. The maximum Gasteiger partial charge on any atom is 0.183 e. The van der Waals surface area contributed by atoms with Crippen LogP contribution in [0.25, 0.3) is 11.2 Å². The van der Waals surface area contributed by atoms with E-state index in [1.165, 1.54) is 17.3 Å². The third-order valence-corrected chi connectivity index (χ3v) is 8.92. The van der Waals surface area contributed by atoms with Gasteiger partial charge in [0.25, 0.3) is 0 Å². The van der Waals surface area contributed by atoms with Crippen LogP contribution in [-0.4, -0.2) is 58.3 Å². The van der Waals surface area contributed by atoms with Crippen LogP contribution in [0.4, 0.5) is 16.0 Å². The molecule has 9 heteroatoms. The van der Waals surface area contributed by atoms with Crippen molar-refractivity contribution in [2.45, 2.75) is 45.1 Å². The van der Waals surface area contributed by atoms with Crippen LogP contribution in [-0.2, 0) is 6.42 Å². The first kappa shape index (κ1) is 22.7. The van der Waals surface area contributed by atoms with Crippen molar-refractivity contribution in [2.24, 2.45) is 11.1 Å². The van der Waals surface area contributed by atoms with Gasteiger partial charge < -0.3 is 20.4 Å². The van der Waals surface area contributed by atoms with Gasteiger partial charge in [-0.05, 0) is 79.4 Å². The van der Waals surface area contributed by atoms with E-state index in [-0.39, 0.29) is 17.3 Å². The lowest BCUT2D eigenvalue weighted by molar-refractivity contribution is 0.187. The zero-order valence-electron chi connectivity index (χ0n) is 21.5. The summed E-state index contributed by atoms with van der Waals surface area (Å²) in [4.78, 5) is 16.9. The number of halogens is 1. The fourth-order valence-corrected chi connectivity index (χ4v) is 6.92. The van der Waals surface area contributed by atoms with E-state index >= 15 is 0 Å². The maximum atomic E-state index is 13.8. The molecule has 3 aliphatic heterocycles. The van der Waals surface area contributed by atoms with Crippen molar-refractivity contribution in [3.05, 3.63) is 64.4 Å². The van der Waals surface area contributed by atoms with Crippen molar-refractivity contribution in [2.75, 3.05) is 43.0 Å². The molecule has 3 aromatic rings. The van der Waals surface area contributed by atoms with Crippen molar-refractivity contribution in [1.82, 2.24) is 25.1 Å². The Morgan fingerprint density at radius 1 is 1.14 bits per heavy atom. The average Bonchev–Trinajstić information content (AvgIpc) is 3.41. The number of hydrogen-bond donors (Lipinski definition) is 2. The van der Waals surface area contributed by atoms with E-state index < -0.39 is 0 Å². The lowest BCUT2D eigenvalue weighted by atomic mass is 9.73. The number of H-pyrrole nitrogens is 1. The second-order valence-corrected chi connectivity index (χ2v) is 11.2. The van der Waals surface area contributed by atoms with E-state index in [2.05, 4.69) is 44.2 Å². The largest absolute Gasteiger partial charge is 0.376 e. The lowest BCUT2D eigenvalue weighted by Gasteiger charge is -2.42. The van der Waals surface area contributed by atoms with Gasteiger partial charge in [0.1, 0.15) is 5.82 Å². The number of nitrogens with one attached hydrogen (secondary N) is 1. The van der Waals surface area contributed by atoms with Crippen LogP contribution in [0.15, 0.2) is 41.7 Å². The molecular formula is C28H33FN8. The van der Waals surface area contributed by atoms with E-state index in [0.29, 0.717) is 0 Å². The summed E-state index contributed by atoms with van der Waals surface area (Å²) in [5.74, 6) is 1.59. The number of aromatic nitrogens is 4. The van der Waals surface area contributed by atoms with Crippen molar-refractivity contribution in [1.29, 1.82) is 0 Å². The highest BCUT2D eigenvalue weighted by Gasteiger charge is 2.46. The number of nitrogens with two attached hydrogens (primary N) is 1. The van der Waals surface area contributed by atoms with E-state index in [0.717, 1.165) is 97.9 Å². The average molecular weight is 501 g/mol. The number of piperidine rings is 1. The van der Waals surface area contributed by atoms with Crippen LogP contribution in [0.1, 0.15) is 48.5 Å². The number of allylic oxidation sites excluding steroid dienone is 1. The number of fused-ring (bicyclic) bond motifs is 2. The van der Waals surface area contributed by atoms with Gasteiger partial charge in [-0.1, -0.05) is 6.07 Å². The Morgan fingerprint density at radius 3 is 2.81 bits per heavy atom. The molecule has 1 fully saturated rings. The number of nitrogens with zero attached hydrogens (tertiary/aromatic N) is 6. The monoisotopic (exact) mass is 500 g/mol. The molecule has 0 saturated carbocycles. The maximum absolute atomic E-state index is 13.8. The minimum Gasteiger partial charge on any atom is -0.376 e. The number of rotatable bonds is 2. The molecule has 1 aliphatic carbocycles. The van der Waals surface area contributed by atoms with Crippen LogP contribution in [0.5, 0.6) is 0 Å². The Labute approximate surface area is 216 Å². The first-order valence-electron chi connectivity index (χ1n) is 13.3. The van der Waals surface area contributed by atoms with E-state index in [9.17, 15) is 4.39 Å². The van der Waals surface area contributed by atoms with Gasteiger partial charge in [0, 0.05) is 51.2 Å². The van der Waals surface area contributed by atoms with Gasteiger partial charge in [-0.15, -0.1) is 0 Å². The van der Waals surface area contributed by atoms with Crippen molar-refractivity contribution in [3.8, 4) is 0 Å². The number of benzene rings is 1. The summed E-state index contributed by atoms with van der Waals surface area (Å²) in [5.41, 5.74) is 14.0. The Hall–Kier alpha value is -3.46. The molecule has 0 unspecified atom stereocenters. The third-order valence-electron chi connectivity index (χ3n) is 8.92. The molecule has 0 bridgehead atoms. The van der Waals surface area contributed by atoms with Gasteiger partial charge in [0.05, 0.1) is 5.69 Å². The molecule has 0 amide bonds. The summed E-state index contributed by atoms with van der Waals surface area (Å²) in [6, 6.07) is 5.02. The molecule has 1 aromatic carbocycles. The highest BCUT2D eigenvalue weighted by molar-refractivity contribution is 5.86. The van der Waals surface area contributed by atoms with Crippen LogP contribution >= 0.6 is 0 Å². The standard InChI is InChI=1S/C28H33FN8/c1-17-26(36-12-8-28(9-13-36)15-19-14-20(29)5-6-21(19)24(28)30)32-25-23(31-17)27(34-33-25)37-10-3-4-18-16-35(2)11-7-22(18)37/h5-7,11,14,24H,3-4,8-10,12-13,15-16,30H2,1-2H3,(H,32,33,34)/t24-/m1/s1.